The summed E-state index contributed by atoms with van der Waals surface area (Å²) in [6.07, 6.45) is 39.4. The Labute approximate surface area is 315 Å². The lowest BCUT2D eigenvalue weighted by Crippen LogP contribution is -2.37. The molecule has 1 N–H and O–H groups in total. The Balaban J connectivity index is 4.01. The molecule has 0 aromatic rings. The van der Waals surface area contributed by atoms with Crippen LogP contribution in [0.3, 0.4) is 0 Å². The predicted molar refractivity (Wildman–Crippen MR) is 215 cm³/mol. The van der Waals surface area contributed by atoms with E-state index < -0.39 is 13.9 Å². The average Bonchev–Trinajstić information content (AvgIpc) is 3.08. The van der Waals surface area contributed by atoms with Crippen LogP contribution in [0.15, 0.2) is 24.3 Å². The second-order valence-electron chi connectivity index (χ2n) is 15.4. The van der Waals surface area contributed by atoms with Gasteiger partial charge in [-0.1, -0.05) is 154 Å². The molecule has 0 bridgehead atoms. The SMILES string of the molecule is CCCCCCC/C=C\C/C=C\CCCCCCCCCCCCCC(=O)OC(COCCCCCCCC)COP(=O)(O)OCC[N+](C)(C)C. The van der Waals surface area contributed by atoms with Crippen LogP contribution in [0, 0.1) is 0 Å². The number of phosphoric acid groups is 1. The molecule has 0 aromatic carbocycles. The number of phosphoric ester groups is 1. The first-order valence-corrected chi connectivity index (χ1v) is 22.6. The van der Waals surface area contributed by atoms with Crippen molar-refractivity contribution in [1.29, 1.82) is 0 Å². The van der Waals surface area contributed by atoms with Gasteiger partial charge < -0.3 is 18.9 Å². The quantitative estimate of drug-likeness (QED) is 0.0220. The number of hydrogen-bond acceptors (Lipinski definition) is 6. The molecule has 302 valence electrons. The zero-order valence-corrected chi connectivity index (χ0v) is 35.0. The Bertz CT molecular complexity index is 874. The summed E-state index contributed by atoms with van der Waals surface area (Å²) in [4.78, 5) is 22.7. The molecular formula is C42H83NO7P+. The van der Waals surface area contributed by atoms with Gasteiger partial charge in [-0.15, -0.1) is 0 Å². The minimum absolute atomic E-state index is 0.0895. The number of hydrogen-bond donors (Lipinski definition) is 1. The van der Waals surface area contributed by atoms with Gasteiger partial charge >= 0.3 is 13.8 Å². The van der Waals surface area contributed by atoms with Gasteiger partial charge in [0.05, 0.1) is 34.4 Å². The van der Waals surface area contributed by atoms with Gasteiger partial charge in [0.2, 0.25) is 0 Å². The number of ether oxygens (including phenoxy) is 2. The molecule has 0 aliphatic rings. The van der Waals surface area contributed by atoms with Crippen LogP contribution in [-0.2, 0) is 27.9 Å². The third-order valence-corrected chi connectivity index (χ3v) is 10.00. The normalized spacial score (nSPS) is 14.1. The van der Waals surface area contributed by atoms with Gasteiger partial charge in [0.25, 0.3) is 0 Å². The van der Waals surface area contributed by atoms with E-state index >= 15 is 0 Å². The molecule has 0 fully saturated rings. The molecule has 51 heavy (non-hydrogen) atoms. The second-order valence-corrected chi connectivity index (χ2v) is 16.8. The molecule has 0 aliphatic carbocycles. The third kappa shape index (κ3) is 40.0. The average molecular weight is 745 g/mol. The van der Waals surface area contributed by atoms with Gasteiger partial charge in [0.1, 0.15) is 19.3 Å². The predicted octanol–water partition coefficient (Wildman–Crippen LogP) is 12.0. The van der Waals surface area contributed by atoms with Crippen LogP contribution in [0.1, 0.15) is 181 Å². The van der Waals surface area contributed by atoms with E-state index in [0.29, 0.717) is 24.1 Å². The number of nitrogens with zero attached hydrogens (tertiary/aromatic N) is 1. The van der Waals surface area contributed by atoms with Crippen LogP contribution in [0.25, 0.3) is 0 Å². The number of carbonyl (C=O) groups excluding carboxylic acids is 1. The van der Waals surface area contributed by atoms with Gasteiger partial charge in [0.15, 0.2) is 0 Å². The van der Waals surface area contributed by atoms with E-state index in [1.165, 1.54) is 122 Å². The summed E-state index contributed by atoms with van der Waals surface area (Å²) in [7, 11) is 1.67. The van der Waals surface area contributed by atoms with Gasteiger partial charge in [0, 0.05) is 13.0 Å². The van der Waals surface area contributed by atoms with Crippen LogP contribution < -0.4 is 0 Å². The monoisotopic (exact) mass is 745 g/mol. The lowest BCUT2D eigenvalue weighted by Gasteiger charge is -2.24. The van der Waals surface area contributed by atoms with Gasteiger partial charge in [-0.05, 0) is 44.9 Å². The fraction of sp³-hybridized carbons (Fsp3) is 0.881. The number of rotatable bonds is 39. The fourth-order valence-electron chi connectivity index (χ4n) is 5.70. The highest BCUT2D eigenvalue weighted by molar-refractivity contribution is 7.47. The van der Waals surface area contributed by atoms with Crippen molar-refractivity contribution in [3.8, 4) is 0 Å². The lowest BCUT2D eigenvalue weighted by atomic mass is 10.0. The van der Waals surface area contributed by atoms with E-state index in [-0.39, 0.29) is 25.8 Å². The number of carbonyl (C=O) groups is 1. The molecule has 0 spiro atoms. The molecule has 0 rings (SSSR count). The molecule has 0 saturated heterocycles. The second kappa shape index (κ2) is 36.0. The van der Waals surface area contributed by atoms with E-state index in [4.69, 9.17) is 18.5 Å². The van der Waals surface area contributed by atoms with Gasteiger partial charge in [-0.2, -0.15) is 0 Å². The molecule has 0 saturated carbocycles. The summed E-state index contributed by atoms with van der Waals surface area (Å²) in [5.41, 5.74) is 0. The smallest absolute Gasteiger partial charge is 0.457 e. The maximum absolute atomic E-state index is 12.6. The van der Waals surface area contributed by atoms with Crippen LogP contribution in [0.4, 0.5) is 0 Å². The molecule has 0 radical (unpaired) electrons. The van der Waals surface area contributed by atoms with Crippen molar-refractivity contribution >= 4 is 13.8 Å². The molecule has 2 unspecified atom stereocenters. The van der Waals surface area contributed by atoms with Crippen molar-refractivity contribution in [2.75, 3.05) is 54.1 Å². The maximum atomic E-state index is 12.6. The number of unbranched alkanes of at least 4 members (excludes halogenated alkanes) is 21. The zero-order chi connectivity index (χ0) is 37.7. The number of esters is 1. The zero-order valence-electron chi connectivity index (χ0n) is 34.1. The number of allylic oxidation sites excluding steroid dienone is 4. The Morgan fingerprint density at radius 3 is 1.59 bits per heavy atom. The van der Waals surface area contributed by atoms with Crippen molar-refractivity contribution in [3.05, 3.63) is 24.3 Å². The summed E-state index contributed by atoms with van der Waals surface area (Å²) in [5, 5.41) is 0. The maximum Gasteiger partial charge on any atom is 0.472 e. The van der Waals surface area contributed by atoms with Gasteiger partial charge in [-0.25, -0.2) is 4.57 Å². The molecule has 0 amide bonds. The van der Waals surface area contributed by atoms with Crippen molar-refractivity contribution in [3.63, 3.8) is 0 Å². The first-order valence-electron chi connectivity index (χ1n) is 21.1. The van der Waals surface area contributed by atoms with Crippen molar-refractivity contribution in [2.45, 2.75) is 187 Å². The highest BCUT2D eigenvalue weighted by Gasteiger charge is 2.26. The lowest BCUT2D eigenvalue weighted by molar-refractivity contribution is -0.870. The van der Waals surface area contributed by atoms with E-state index in [2.05, 4.69) is 38.2 Å². The summed E-state index contributed by atoms with van der Waals surface area (Å²) >= 11 is 0. The van der Waals surface area contributed by atoms with E-state index in [1.807, 2.05) is 21.1 Å². The summed E-state index contributed by atoms with van der Waals surface area (Å²) < 4.78 is 34.7. The Kier molecular flexibility index (Phi) is 35.3. The minimum Gasteiger partial charge on any atom is -0.457 e. The van der Waals surface area contributed by atoms with E-state index in [0.717, 1.165) is 38.5 Å². The number of quaternary nitrogens is 1. The molecule has 0 aromatic heterocycles. The Morgan fingerprint density at radius 1 is 0.608 bits per heavy atom. The fourth-order valence-corrected chi connectivity index (χ4v) is 6.44. The van der Waals surface area contributed by atoms with Crippen molar-refractivity contribution in [1.82, 2.24) is 0 Å². The highest BCUT2D eigenvalue weighted by Crippen LogP contribution is 2.43. The topological polar surface area (TPSA) is 91.3 Å². The molecule has 2 atom stereocenters. The molecule has 0 aliphatic heterocycles. The summed E-state index contributed by atoms with van der Waals surface area (Å²) in [5.74, 6) is -0.318. The minimum atomic E-state index is -4.26. The Morgan fingerprint density at radius 2 is 1.08 bits per heavy atom. The molecule has 0 heterocycles. The van der Waals surface area contributed by atoms with E-state index in [1.54, 1.807) is 0 Å². The van der Waals surface area contributed by atoms with Crippen LogP contribution >= 0.6 is 7.82 Å². The van der Waals surface area contributed by atoms with Crippen LogP contribution in [0.2, 0.25) is 0 Å². The van der Waals surface area contributed by atoms with Crippen LogP contribution in [0.5, 0.6) is 0 Å². The summed E-state index contributed by atoms with van der Waals surface area (Å²) in [6, 6.07) is 0. The van der Waals surface area contributed by atoms with Crippen molar-refractivity contribution < 1.29 is 37.3 Å². The van der Waals surface area contributed by atoms with Crippen LogP contribution in [-0.4, -0.2) is 75.6 Å². The number of likely N-dealkylation sites (N-methyl/N-ethyl adjacent to an activating group) is 1. The highest BCUT2D eigenvalue weighted by atomic mass is 31.2. The summed E-state index contributed by atoms with van der Waals surface area (Å²) in [6.45, 7) is 5.57. The largest absolute Gasteiger partial charge is 0.472 e. The van der Waals surface area contributed by atoms with E-state index in [9.17, 15) is 14.3 Å². The molecule has 8 nitrogen and oxygen atoms in total. The first kappa shape index (κ1) is 50.0. The van der Waals surface area contributed by atoms with Crippen molar-refractivity contribution in [2.24, 2.45) is 0 Å². The van der Waals surface area contributed by atoms with Gasteiger partial charge in [-0.3, -0.25) is 13.8 Å². The standard InChI is InChI=1S/C42H82NO7P/c1-6-8-10-12-14-15-16-17-18-19-20-21-22-23-24-25-26-27-28-29-30-31-33-35-42(44)50-41(39-47-37-34-32-13-11-9-7-2)40-49-51(45,46)48-38-36-43(3,4)5/h16-17,19-20,41H,6-15,18,21-40H2,1-5H3/p+1/b17-16-,20-19-. The Hall–Kier alpha value is -1.02. The molecular weight excluding hydrogens is 661 g/mol. The molecule has 9 heteroatoms. The third-order valence-electron chi connectivity index (χ3n) is 9.02. The first-order chi connectivity index (χ1) is 24.6.